The van der Waals surface area contributed by atoms with Gasteiger partial charge in [-0.2, -0.15) is 4.98 Å². The molecular formula is C14H22N4OS. The summed E-state index contributed by atoms with van der Waals surface area (Å²) >= 11 is 1.63. The Morgan fingerprint density at radius 1 is 1.35 bits per heavy atom. The van der Waals surface area contributed by atoms with Crippen molar-refractivity contribution in [3.8, 4) is 0 Å². The van der Waals surface area contributed by atoms with E-state index >= 15 is 0 Å². The summed E-state index contributed by atoms with van der Waals surface area (Å²) < 4.78 is 5.25. The Kier molecular flexibility index (Phi) is 4.77. The highest BCUT2D eigenvalue weighted by atomic mass is 32.1. The third kappa shape index (κ3) is 3.58. The second kappa shape index (κ2) is 6.37. The van der Waals surface area contributed by atoms with Gasteiger partial charge in [-0.1, -0.05) is 6.92 Å². The van der Waals surface area contributed by atoms with Gasteiger partial charge in [0.25, 0.3) is 0 Å². The van der Waals surface area contributed by atoms with Crippen LogP contribution in [0.5, 0.6) is 0 Å². The number of hydrogen-bond acceptors (Lipinski definition) is 6. The van der Waals surface area contributed by atoms with Crippen LogP contribution in [0.1, 0.15) is 27.2 Å². The number of nitrogens with one attached hydrogen (secondary N) is 2. The van der Waals surface area contributed by atoms with Gasteiger partial charge in [0.15, 0.2) is 0 Å². The van der Waals surface area contributed by atoms with Crippen molar-refractivity contribution in [3.05, 3.63) is 11.4 Å². The van der Waals surface area contributed by atoms with E-state index in [4.69, 9.17) is 4.74 Å². The van der Waals surface area contributed by atoms with Crippen LogP contribution < -0.4 is 10.6 Å². The molecule has 0 aromatic carbocycles. The lowest BCUT2D eigenvalue weighted by Crippen LogP contribution is -2.36. The zero-order chi connectivity index (χ0) is 14.6. The van der Waals surface area contributed by atoms with Crippen LogP contribution >= 0.6 is 11.3 Å². The first-order valence-corrected chi connectivity index (χ1v) is 7.70. The molecule has 0 aliphatic rings. The molecule has 0 unspecified atom stereocenters. The van der Waals surface area contributed by atoms with Crippen LogP contribution in [-0.2, 0) is 4.74 Å². The second-order valence-electron chi connectivity index (χ2n) is 5.40. The van der Waals surface area contributed by atoms with Gasteiger partial charge in [-0.25, -0.2) is 4.98 Å². The van der Waals surface area contributed by atoms with Crippen molar-refractivity contribution >= 4 is 33.3 Å². The summed E-state index contributed by atoms with van der Waals surface area (Å²) in [4.78, 5) is 10.1. The summed E-state index contributed by atoms with van der Waals surface area (Å²) in [6.45, 7) is 7.79. The lowest BCUT2D eigenvalue weighted by molar-refractivity contribution is 0.158. The van der Waals surface area contributed by atoms with E-state index in [9.17, 15) is 0 Å². The van der Waals surface area contributed by atoms with Crippen LogP contribution in [0.4, 0.5) is 11.8 Å². The largest absolute Gasteiger partial charge is 0.382 e. The Bertz CT molecular complexity index is 567. The Balaban J connectivity index is 2.32. The molecule has 0 atom stereocenters. The van der Waals surface area contributed by atoms with Crippen molar-refractivity contribution in [1.29, 1.82) is 0 Å². The quantitative estimate of drug-likeness (QED) is 0.820. The van der Waals surface area contributed by atoms with Gasteiger partial charge in [0.1, 0.15) is 10.6 Å². The molecule has 20 heavy (non-hydrogen) atoms. The van der Waals surface area contributed by atoms with E-state index in [1.54, 1.807) is 18.4 Å². The molecule has 2 aromatic rings. The average Bonchev–Trinajstić information content (AvgIpc) is 2.84. The number of methoxy groups -OCH3 is 1. The summed E-state index contributed by atoms with van der Waals surface area (Å²) in [5.74, 6) is 1.54. The molecule has 0 bridgehead atoms. The topological polar surface area (TPSA) is 59.1 Å². The molecule has 0 aliphatic heterocycles. The number of rotatable bonds is 7. The zero-order valence-electron chi connectivity index (χ0n) is 12.5. The summed E-state index contributed by atoms with van der Waals surface area (Å²) in [7, 11) is 1.71. The molecule has 0 aliphatic carbocycles. The maximum atomic E-state index is 5.25. The van der Waals surface area contributed by atoms with Gasteiger partial charge >= 0.3 is 0 Å². The standard InChI is InChI=1S/C14H22N4OS/c1-5-7-15-13-16-11(18-14(2,3)9-19-4)10-6-8-20-12(10)17-13/h6,8H,5,7,9H2,1-4H3,(H2,15,16,17,18). The van der Waals surface area contributed by atoms with Gasteiger partial charge in [-0.3, -0.25) is 0 Å². The lowest BCUT2D eigenvalue weighted by Gasteiger charge is -2.26. The maximum Gasteiger partial charge on any atom is 0.226 e. The molecular weight excluding hydrogens is 272 g/mol. The number of aromatic nitrogens is 2. The van der Waals surface area contributed by atoms with Crippen molar-refractivity contribution in [3.63, 3.8) is 0 Å². The molecule has 2 heterocycles. The highest BCUT2D eigenvalue weighted by Gasteiger charge is 2.20. The van der Waals surface area contributed by atoms with Gasteiger partial charge in [0.05, 0.1) is 17.5 Å². The third-order valence-corrected chi connectivity index (χ3v) is 3.63. The van der Waals surface area contributed by atoms with E-state index in [0.717, 1.165) is 29.0 Å². The normalized spacial score (nSPS) is 11.8. The number of fused-ring (bicyclic) bond motifs is 1. The van der Waals surface area contributed by atoms with Crippen LogP contribution in [0, 0.1) is 0 Å². The number of nitrogens with zero attached hydrogens (tertiary/aromatic N) is 2. The van der Waals surface area contributed by atoms with Crippen LogP contribution in [0.2, 0.25) is 0 Å². The number of anilines is 2. The Hall–Kier alpha value is -1.40. The first kappa shape index (κ1) is 15.0. The predicted octanol–water partition coefficient (Wildman–Crippen LogP) is 3.35. The van der Waals surface area contributed by atoms with E-state index in [1.165, 1.54) is 0 Å². The lowest BCUT2D eigenvalue weighted by atomic mass is 10.1. The predicted molar refractivity (Wildman–Crippen MR) is 85.8 cm³/mol. The van der Waals surface area contributed by atoms with E-state index in [1.807, 2.05) is 5.38 Å². The molecule has 2 N–H and O–H groups in total. The number of hydrogen-bond donors (Lipinski definition) is 2. The van der Waals surface area contributed by atoms with Gasteiger partial charge in [-0.05, 0) is 31.7 Å². The first-order valence-electron chi connectivity index (χ1n) is 6.82. The molecule has 110 valence electrons. The molecule has 0 saturated heterocycles. The fraction of sp³-hybridized carbons (Fsp3) is 0.571. The molecule has 5 nitrogen and oxygen atoms in total. The van der Waals surface area contributed by atoms with E-state index < -0.39 is 0 Å². The first-order chi connectivity index (χ1) is 9.55. The average molecular weight is 294 g/mol. The molecule has 2 rings (SSSR count). The van der Waals surface area contributed by atoms with Gasteiger partial charge in [-0.15, -0.1) is 11.3 Å². The van der Waals surface area contributed by atoms with Crippen molar-refractivity contribution < 1.29 is 4.74 Å². The van der Waals surface area contributed by atoms with Crippen molar-refractivity contribution in [2.45, 2.75) is 32.7 Å². The highest BCUT2D eigenvalue weighted by Crippen LogP contribution is 2.28. The summed E-state index contributed by atoms with van der Waals surface area (Å²) in [6, 6.07) is 2.05. The number of thiophene rings is 1. The molecule has 0 saturated carbocycles. The van der Waals surface area contributed by atoms with Crippen molar-refractivity contribution in [2.24, 2.45) is 0 Å². The SMILES string of the molecule is CCCNc1nc(NC(C)(C)COC)c2ccsc2n1. The molecule has 0 radical (unpaired) electrons. The van der Waals surface area contributed by atoms with Crippen LogP contribution in [0.15, 0.2) is 11.4 Å². The third-order valence-electron chi connectivity index (χ3n) is 2.82. The van der Waals surface area contributed by atoms with Crippen LogP contribution in [0.3, 0.4) is 0 Å². The van der Waals surface area contributed by atoms with Gasteiger partial charge in [0.2, 0.25) is 5.95 Å². The van der Waals surface area contributed by atoms with Gasteiger partial charge in [0, 0.05) is 13.7 Å². The van der Waals surface area contributed by atoms with Crippen LogP contribution in [0.25, 0.3) is 10.2 Å². The monoisotopic (exact) mass is 294 g/mol. The molecule has 6 heteroatoms. The number of ether oxygens (including phenoxy) is 1. The molecule has 0 fully saturated rings. The van der Waals surface area contributed by atoms with E-state index in [0.29, 0.717) is 12.6 Å². The Morgan fingerprint density at radius 3 is 2.85 bits per heavy atom. The van der Waals surface area contributed by atoms with Crippen LogP contribution in [-0.4, -0.2) is 35.8 Å². The van der Waals surface area contributed by atoms with Crippen molar-refractivity contribution in [1.82, 2.24) is 9.97 Å². The Morgan fingerprint density at radius 2 is 2.15 bits per heavy atom. The van der Waals surface area contributed by atoms with E-state index in [2.05, 4.69) is 47.4 Å². The minimum atomic E-state index is -0.181. The maximum absolute atomic E-state index is 5.25. The molecule has 0 spiro atoms. The summed E-state index contributed by atoms with van der Waals surface area (Å²) in [5, 5.41) is 9.80. The van der Waals surface area contributed by atoms with Crippen molar-refractivity contribution in [2.75, 3.05) is 30.9 Å². The zero-order valence-corrected chi connectivity index (χ0v) is 13.3. The summed E-state index contributed by atoms with van der Waals surface area (Å²) in [6.07, 6.45) is 1.05. The van der Waals surface area contributed by atoms with E-state index in [-0.39, 0.29) is 5.54 Å². The highest BCUT2D eigenvalue weighted by molar-refractivity contribution is 7.16. The smallest absolute Gasteiger partial charge is 0.226 e. The summed E-state index contributed by atoms with van der Waals surface area (Å²) in [5.41, 5.74) is -0.181. The Labute approximate surface area is 123 Å². The minimum Gasteiger partial charge on any atom is -0.382 e. The molecule has 0 amide bonds. The fourth-order valence-corrected chi connectivity index (χ4v) is 2.75. The second-order valence-corrected chi connectivity index (χ2v) is 6.30. The van der Waals surface area contributed by atoms with Gasteiger partial charge < -0.3 is 15.4 Å². The fourth-order valence-electron chi connectivity index (χ4n) is 1.98. The minimum absolute atomic E-state index is 0.181. The molecule has 2 aromatic heterocycles.